The summed E-state index contributed by atoms with van der Waals surface area (Å²) in [5.41, 5.74) is 3.26. The second-order valence-electron chi connectivity index (χ2n) is 5.86. The Morgan fingerprint density at radius 2 is 1.85 bits per heavy atom. The van der Waals surface area contributed by atoms with E-state index < -0.39 is 5.82 Å². The molecule has 3 aromatic heterocycles. The highest BCUT2D eigenvalue weighted by Crippen LogP contribution is 2.33. The van der Waals surface area contributed by atoms with Gasteiger partial charge in [0.15, 0.2) is 5.82 Å². The average molecular weight is 350 g/mol. The number of rotatable bonds is 4. The monoisotopic (exact) mass is 350 g/mol. The van der Waals surface area contributed by atoms with E-state index in [0.717, 1.165) is 12.1 Å². The van der Waals surface area contributed by atoms with Crippen LogP contribution in [0.5, 0.6) is 0 Å². The van der Waals surface area contributed by atoms with Crippen LogP contribution >= 0.6 is 0 Å². The van der Waals surface area contributed by atoms with Crippen LogP contribution in [0.3, 0.4) is 0 Å². The fourth-order valence-corrected chi connectivity index (χ4v) is 2.98. The third-order valence-electron chi connectivity index (χ3n) is 4.22. The molecule has 26 heavy (non-hydrogen) atoms. The molecule has 0 aliphatic heterocycles. The predicted molar refractivity (Wildman–Crippen MR) is 97.4 cm³/mol. The Balaban J connectivity index is 1.96. The molecule has 0 amide bonds. The van der Waals surface area contributed by atoms with Gasteiger partial charge in [0.25, 0.3) is 0 Å². The van der Waals surface area contributed by atoms with Crippen LogP contribution in [-0.4, -0.2) is 14.4 Å². The van der Waals surface area contributed by atoms with E-state index in [9.17, 15) is 8.78 Å². The summed E-state index contributed by atoms with van der Waals surface area (Å²) in [6, 6.07) is 13.4. The van der Waals surface area contributed by atoms with Gasteiger partial charge in [0.1, 0.15) is 23.0 Å². The highest BCUT2D eigenvalue weighted by Gasteiger charge is 2.19. The number of fused-ring (bicyclic) bond motifs is 1. The van der Waals surface area contributed by atoms with Gasteiger partial charge >= 0.3 is 0 Å². The molecular weight excluding hydrogens is 334 g/mol. The van der Waals surface area contributed by atoms with E-state index in [0.29, 0.717) is 28.4 Å². The zero-order valence-electron chi connectivity index (χ0n) is 14.1. The molecular formula is C20H16F2N4. The number of nitrogens with one attached hydrogen (secondary N) is 1. The van der Waals surface area contributed by atoms with Crippen molar-refractivity contribution < 1.29 is 8.78 Å². The van der Waals surface area contributed by atoms with Gasteiger partial charge < -0.3 is 5.32 Å². The first kappa shape index (κ1) is 16.2. The number of halogens is 2. The number of hydrogen-bond acceptors (Lipinski definition) is 3. The zero-order chi connectivity index (χ0) is 18.1. The van der Waals surface area contributed by atoms with Crippen LogP contribution in [-0.2, 0) is 6.42 Å². The first-order valence-corrected chi connectivity index (χ1v) is 8.30. The standard InChI is InChI=1S/C20H16F2N4/c1-2-15-4-3-5-18-25-19(16-10-11-23-12-17(16)22)20(26(15)18)24-14-8-6-13(21)7-9-14/h3-12,24H,2H2,1H3. The number of aromatic nitrogens is 3. The minimum atomic E-state index is -0.448. The van der Waals surface area contributed by atoms with Crippen molar-refractivity contribution in [2.45, 2.75) is 13.3 Å². The predicted octanol–water partition coefficient (Wildman–Crippen LogP) is 4.98. The van der Waals surface area contributed by atoms with E-state index in [1.165, 1.54) is 24.5 Å². The van der Waals surface area contributed by atoms with Gasteiger partial charge in [-0.05, 0) is 48.9 Å². The maximum atomic E-state index is 14.4. The van der Waals surface area contributed by atoms with Crippen LogP contribution in [0.4, 0.5) is 20.3 Å². The van der Waals surface area contributed by atoms with Gasteiger partial charge in [0.2, 0.25) is 0 Å². The Labute approximate surface area is 149 Å². The zero-order valence-corrected chi connectivity index (χ0v) is 14.1. The number of aryl methyl sites for hydroxylation is 1. The molecule has 0 atom stereocenters. The fourth-order valence-electron chi connectivity index (χ4n) is 2.98. The van der Waals surface area contributed by atoms with Gasteiger partial charge in [-0.3, -0.25) is 9.38 Å². The van der Waals surface area contributed by atoms with Gasteiger partial charge in [-0.15, -0.1) is 0 Å². The summed E-state index contributed by atoms with van der Waals surface area (Å²) in [5, 5.41) is 3.27. The van der Waals surface area contributed by atoms with Gasteiger partial charge in [-0.1, -0.05) is 13.0 Å². The fraction of sp³-hybridized carbons (Fsp3) is 0.100. The molecule has 6 heteroatoms. The Hall–Kier alpha value is -3.28. The van der Waals surface area contributed by atoms with Crippen LogP contribution in [0.1, 0.15) is 12.6 Å². The average Bonchev–Trinajstić information content (AvgIpc) is 3.02. The van der Waals surface area contributed by atoms with E-state index in [1.54, 1.807) is 18.2 Å². The maximum Gasteiger partial charge on any atom is 0.151 e. The topological polar surface area (TPSA) is 42.2 Å². The summed E-state index contributed by atoms with van der Waals surface area (Å²) in [7, 11) is 0. The molecule has 0 unspecified atom stereocenters. The molecule has 4 rings (SSSR count). The van der Waals surface area contributed by atoms with Crippen LogP contribution in [0, 0.1) is 11.6 Å². The number of nitrogens with zero attached hydrogens (tertiary/aromatic N) is 3. The summed E-state index contributed by atoms with van der Waals surface area (Å²) in [6.07, 6.45) is 3.48. The molecule has 1 N–H and O–H groups in total. The van der Waals surface area contributed by atoms with E-state index in [2.05, 4.69) is 15.3 Å². The third kappa shape index (κ3) is 2.79. The smallest absolute Gasteiger partial charge is 0.151 e. The normalized spacial score (nSPS) is 11.0. The van der Waals surface area contributed by atoms with Crippen molar-refractivity contribution >= 4 is 17.2 Å². The molecule has 0 spiro atoms. The van der Waals surface area contributed by atoms with E-state index in [4.69, 9.17) is 0 Å². The molecule has 0 aliphatic carbocycles. The first-order chi connectivity index (χ1) is 12.7. The quantitative estimate of drug-likeness (QED) is 0.564. The van der Waals surface area contributed by atoms with E-state index in [-0.39, 0.29) is 5.82 Å². The van der Waals surface area contributed by atoms with Crippen molar-refractivity contribution in [1.82, 2.24) is 14.4 Å². The molecule has 4 aromatic rings. The number of imidazole rings is 1. The Bertz CT molecular complexity index is 1070. The van der Waals surface area contributed by atoms with Crippen molar-refractivity contribution in [1.29, 1.82) is 0 Å². The lowest BCUT2D eigenvalue weighted by molar-refractivity contribution is 0.624. The highest BCUT2D eigenvalue weighted by molar-refractivity contribution is 5.80. The van der Waals surface area contributed by atoms with Crippen LogP contribution in [0.2, 0.25) is 0 Å². The second kappa shape index (κ2) is 6.55. The van der Waals surface area contributed by atoms with Crippen molar-refractivity contribution in [3.8, 4) is 11.3 Å². The summed E-state index contributed by atoms with van der Waals surface area (Å²) in [6.45, 7) is 2.04. The minimum Gasteiger partial charge on any atom is -0.339 e. The molecule has 3 heterocycles. The lowest BCUT2D eigenvalue weighted by Crippen LogP contribution is -2.01. The van der Waals surface area contributed by atoms with Crippen LogP contribution in [0.15, 0.2) is 60.9 Å². The molecule has 4 nitrogen and oxygen atoms in total. The minimum absolute atomic E-state index is 0.316. The number of benzene rings is 1. The number of pyridine rings is 2. The third-order valence-corrected chi connectivity index (χ3v) is 4.22. The van der Waals surface area contributed by atoms with Crippen molar-refractivity contribution in [3.05, 3.63) is 78.3 Å². The van der Waals surface area contributed by atoms with Crippen molar-refractivity contribution in [2.75, 3.05) is 5.32 Å². The highest BCUT2D eigenvalue weighted by atomic mass is 19.1. The molecule has 0 fully saturated rings. The molecule has 130 valence electrons. The van der Waals surface area contributed by atoms with Crippen molar-refractivity contribution in [2.24, 2.45) is 0 Å². The van der Waals surface area contributed by atoms with E-state index in [1.807, 2.05) is 29.5 Å². The summed E-state index contributed by atoms with van der Waals surface area (Å²) < 4.78 is 29.6. The molecule has 0 aliphatic rings. The van der Waals surface area contributed by atoms with Gasteiger partial charge in [0.05, 0.1) is 6.20 Å². The molecule has 1 aromatic carbocycles. The van der Waals surface area contributed by atoms with Crippen LogP contribution in [0.25, 0.3) is 16.9 Å². The van der Waals surface area contributed by atoms with Gasteiger partial charge in [-0.25, -0.2) is 13.8 Å². The summed E-state index contributed by atoms with van der Waals surface area (Å²) in [5.74, 6) is -0.131. The molecule has 0 saturated carbocycles. The lowest BCUT2D eigenvalue weighted by Gasteiger charge is -2.12. The molecule has 0 saturated heterocycles. The van der Waals surface area contributed by atoms with E-state index >= 15 is 0 Å². The van der Waals surface area contributed by atoms with Gasteiger partial charge in [-0.2, -0.15) is 0 Å². The number of anilines is 2. The Morgan fingerprint density at radius 3 is 2.58 bits per heavy atom. The lowest BCUT2D eigenvalue weighted by atomic mass is 10.2. The largest absolute Gasteiger partial charge is 0.339 e. The number of hydrogen-bond donors (Lipinski definition) is 1. The maximum absolute atomic E-state index is 14.4. The molecule has 0 radical (unpaired) electrons. The summed E-state index contributed by atoms with van der Waals surface area (Å²) in [4.78, 5) is 8.43. The van der Waals surface area contributed by atoms with Gasteiger partial charge in [0, 0.05) is 23.1 Å². The SMILES string of the molecule is CCc1cccc2nc(-c3ccncc3F)c(Nc3ccc(F)cc3)n12. The Kier molecular flexibility index (Phi) is 4.08. The molecule has 0 bridgehead atoms. The van der Waals surface area contributed by atoms with Crippen molar-refractivity contribution in [3.63, 3.8) is 0 Å². The van der Waals surface area contributed by atoms with Crippen LogP contribution < -0.4 is 5.32 Å². The Morgan fingerprint density at radius 1 is 1.04 bits per heavy atom. The summed E-state index contributed by atoms with van der Waals surface area (Å²) >= 11 is 0. The second-order valence-corrected chi connectivity index (χ2v) is 5.86. The first-order valence-electron chi connectivity index (χ1n) is 8.30.